The number of aliphatic hydroxyl groups is 1. The van der Waals surface area contributed by atoms with Crippen LogP contribution < -0.4 is 0 Å². The summed E-state index contributed by atoms with van der Waals surface area (Å²) in [4.78, 5) is 38.9. The van der Waals surface area contributed by atoms with Gasteiger partial charge >= 0.3 is 11.9 Å². The normalized spacial score (nSPS) is 26.9. The van der Waals surface area contributed by atoms with Crippen molar-refractivity contribution in [1.82, 2.24) is 0 Å². The summed E-state index contributed by atoms with van der Waals surface area (Å²) in [6.45, 7) is 12.4. The fourth-order valence-corrected chi connectivity index (χ4v) is 4.13. The van der Waals surface area contributed by atoms with E-state index in [1.165, 1.54) is 6.92 Å². The van der Waals surface area contributed by atoms with E-state index in [4.69, 9.17) is 9.47 Å². The molecule has 0 amide bonds. The standard InChI is InChI=1S/C24H34O6/c1-13(2)16-8-10-17(11-9-16)19-20(22(26)29-14(3)4)18(25)12-24(7,28)21(19)23(27)30-15(5)6/h8-11,13-15,19-21,28H,12H2,1-7H3/t19-,20+,21-,24+/m1/s1. The second-order valence-corrected chi connectivity index (χ2v) is 9.27. The quantitative estimate of drug-likeness (QED) is 0.559. The van der Waals surface area contributed by atoms with Crippen LogP contribution in [0, 0.1) is 11.8 Å². The van der Waals surface area contributed by atoms with Gasteiger partial charge in [-0.2, -0.15) is 0 Å². The molecule has 2 rings (SSSR count). The summed E-state index contributed by atoms with van der Waals surface area (Å²) in [7, 11) is 0. The molecule has 1 aliphatic carbocycles. The number of carbonyl (C=O) groups is 3. The van der Waals surface area contributed by atoms with Crippen LogP contribution in [0.15, 0.2) is 24.3 Å². The summed E-state index contributed by atoms with van der Waals surface area (Å²) in [5.41, 5.74) is 0.0818. The highest BCUT2D eigenvalue weighted by Gasteiger charge is 2.57. The zero-order chi connectivity index (χ0) is 22.8. The predicted octanol–water partition coefficient (Wildman–Crippen LogP) is 3.75. The van der Waals surface area contributed by atoms with Gasteiger partial charge in [-0.15, -0.1) is 0 Å². The van der Waals surface area contributed by atoms with E-state index in [1.54, 1.807) is 27.7 Å². The second-order valence-electron chi connectivity index (χ2n) is 9.27. The van der Waals surface area contributed by atoms with Gasteiger partial charge in [0.2, 0.25) is 0 Å². The van der Waals surface area contributed by atoms with Gasteiger partial charge in [0, 0.05) is 12.3 Å². The molecular weight excluding hydrogens is 384 g/mol. The van der Waals surface area contributed by atoms with Crippen LogP contribution in [0.1, 0.15) is 77.8 Å². The van der Waals surface area contributed by atoms with E-state index in [0.717, 1.165) is 5.56 Å². The third-order valence-corrected chi connectivity index (χ3v) is 5.47. The van der Waals surface area contributed by atoms with Crippen molar-refractivity contribution in [2.45, 2.75) is 84.5 Å². The van der Waals surface area contributed by atoms with Crippen LogP contribution in [0.5, 0.6) is 0 Å². The Kier molecular flexibility index (Phi) is 7.45. The maximum Gasteiger partial charge on any atom is 0.317 e. The van der Waals surface area contributed by atoms with E-state index >= 15 is 0 Å². The van der Waals surface area contributed by atoms with Crippen molar-refractivity contribution in [2.24, 2.45) is 11.8 Å². The lowest BCUT2D eigenvalue weighted by atomic mass is 9.61. The van der Waals surface area contributed by atoms with Gasteiger partial charge in [0.1, 0.15) is 5.92 Å². The fourth-order valence-electron chi connectivity index (χ4n) is 4.13. The van der Waals surface area contributed by atoms with Crippen molar-refractivity contribution in [3.05, 3.63) is 35.4 Å². The lowest BCUT2D eigenvalue weighted by Gasteiger charge is -2.44. The summed E-state index contributed by atoms with van der Waals surface area (Å²) in [6, 6.07) is 7.48. The molecule has 0 aliphatic heterocycles. The number of benzene rings is 1. The Morgan fingerprint density at radius 2 is 1.47 bits per heavy atom. The van der Waals surface area contributed by atoms with Gasteiger partial charge in [-0.05, 0) is 51.7 Å². The highest BCUT2D eigenvalue weighted by molar-refractivity contribution is 6.02. The molecule has 1 aliphatic rings. The Hall–Kier alpha value is -2.21. The third kappa shape index (κ3) is 5.28. The highest BCUT2D eigenvalue weighted by atomic mass is 16.5. The average molecular weight is 419 g/mol. The highest BCUT2D eigenvalue weighted by Crippen LogP contribution is 2.47. The number of carbonyl (C=O) groups excluding carboxylic acids is 3. The first-order chi connectivity index (χ1) is 13.8. The lowest BCUT2D eigenvalue weighted by molar-refractivity contribution is -0.176. The number of ether oxygens (including phenoxy) is 2. The first-order valence-corrected chi connectivity index (χ1v) is 10.6. The Balaban J connectivity index is 2.61. The van der Waals surface area contributed by atoms with Crippen LogP contribution in [0.2, 0.25) is 0 Å². The summed E-state index contributed by atoms with van der Waals surface area (Å²) in [6.07, 6.45) is -1.11. The SMILES string of the molecule is CC(C)OC(=O)[C@H]1C(=O)C[C@](C)(O)[C@@H](C(=O)OC(C)C)[C@@H]1c1ccc(C(C)C)cc1. The molecule has 166 valence electrons. The van der Waals surface area contributed by atoms with Crippen molar-refractivity contribution in [2.75, 3.05) is 0 Å². The molecule has 0 aromatic heterocycles. The Morgan fingerprint density at radius 1 is 0.967 bits per heavy atom. The minimum Gasteiger partial charge on any atom is -0.463 e. The molecule has 1 saturated carbocycles. The third-order valence-electron chi connectivity index (χ3n) is 5.47. The van der Waals surface area contributed by atoms with Crippen molar-refractivity contribution >= 4 is 17.7 Å². The van der Waals surface area contributed by atoms with Crippen molar-refractivity contribution in [3.8, 4) is 0 Å². The molecule has 1 aromatic carbocycles. The topological polar surface area (TPSA) is 89.9 Å². The molecular formula is C24H34O6. The summed E-state index contributed by atoms with van der Waals surface area (Å²) < 4.78 is 10.8. The van der Waals surface area contributed by atoms with Gasteiger partial charge < -0.3 is 14.6 Å². The molecule has 1 fully saturated rings. The van der Waals surface area contributed by atoms with E-state index < -0.39 is 53.3 Å². The van der Waals surface area contributed by atoms with Gasteiger partial charge in [-0.25, -0.2) is 0 Å². The molecule has 0 spiro atoms. The van der Waals surface area contributed by atoms with Crippen molar-refractivity contribution < 1.29 is 29.0 Å². The van der Waals surface area contributed by atoms with Crippen LogP contribution in [0.4, 0.5) is 0 Å². The fraction of sp³-hybridized carbons (Fsp3) is 0.625. The first-order valence-electron chi connectivity index (χ1n) is 10.6. The van der Waals surface area contributed by atoms with Gasteiger partial charge in [0.15, 0.2) is 5.78 Å². The van der Waals surface area contributed by atoms with E-state index in [2.05, 4.69) is 13.8 Å². The lowest BCUT2D eigenvalue weighted by Crippen LogP contribution is -2.55. The predicted molar refractivity (Wildman–Crippen MR) is 113 cm³/mol. The van der Waals surface area contributed by atoms with Crippen LogP contribution in [0.3, 0.4) is 0 Å². The Morgan fingerprint density at radius 3 is 1.93 bits per heavy atom. The number of hydrogen-bond acceptors (Lipinski definition) is 6. The molecule has 0 heterocycles. The minimum absolute atomic E-state index is 0.304. The smallest absolute Gasteiger partial charge is 0.317 e. The van der Waals surface area contributed by atoms with Crippen molar-refractivity contribution in [1.29, 1.82) is 0 Å². The summed E-state index contributed by atoms with van der Waals surface area (Å²) in [5, 5.41) is 11.1. The zero-order valence-electron chi connectivity index (χ0n) is 19.0. The van der Waals surface area contributed by atoms with Crippen LogP contribution >= 0.6 is 0 Å². The maximum atomic E-state index is 13.0. The molecule has 0 unspecified atom stereocenters. The Labute approximate surface area is 179 Å². The molecule has 0 bridgehead atoms. The van der Waals surface area contributed by atoms with E-state index in [9.17, 15) is 19.5 Å². The summed E-state index contributed by atoms with van der Waals surface area (Å²) >= 11 is 0. The molecule has 0 saturated heterocycles. The molecule has 6 nitrogen and oxygen atoms in total. The molecule has 4 atom stereocenters. The van der Waals surface area contributed by atoms with Crippen molar-refractivity contribution in [3.63, 3.8) is 0 Å². The molecule has 1 aromatic rings. The summed E-state index contributed by atoms with van der Waals surface area (Å²) in [5.74, 6) is -4.56. The largest absolute Gasteiger partial charge is 0.463 e. The molecule has 6 heteroatoms. The second kappa shape index (κ2) is 9.29. The molecule has 30 heavy (non-hydrogen) atoms. The molecule has 1 N–H and O–H groups in total. The number of rotatable bonds is 6. The van der Waals surface area contributed by atoms with Crippen LogP contribution in [0.25, 0.3) is 0 Å². The number of hydrogen-bond donors (Lipinski definition) is 1. The molecule has 0 radical (unpaired) electrons. The number of ketones is 1. The van der Waals surface area contributed by atoms with Gasteiger partial charge in [0.25, 0.3) is 0 Å². The monoisotopic (exact) mass is 418 g/mol. The zero-order valence-corrected chi connectivity index (χ0v) is 19.0. The van der Waals surface area contributed by atoms with E-state index in [0.29, 0.717) is 11.5 Å². The number of Topliss-reactive ketones (excluding diaryl/α,β-unsaturated/α-hetero) is 1. The van der Waals surface area contributed by atoms with Gasteiger partial charge in [0.05, 0.1) is 23.7 Å². The van der Waals surface area contributed by atoms with Crippen LogP contribution in [-0.4, -0.2) is 40.6 Å². The average Bonchev–Trinajstić information content (AvgIpc) is 2.58. The van der Waals surface area contributed by atoms with E-state index in [-0.39, 0.29) is 6.42 Å². The number of esters is 2. The van der Waals surface area contributed by atoms with Crippen LogP contribution in [-0.2, 0) is 23.9 Å². The van der Waals surface area contributed by atoms with E-state index in [1.807, 2.05) is 24.3 Å². The first kappa shape index (κ1) is 24.1. The van der Waals surface area contributed by atoms with Gasteiger partial charge in [-0.1, -0.05) is 38.1 Å². The maximum absolute atomic E-state index is 13.0. The minimum atomic E-state index is -1.64. The van der Waals surface area contributed by atoms with Gasteiger partial charge in [-0.3, -0.25) is 14.4 Å². The Bertz CT molecular complexity index is 767.